The molecule has 1 aromatic rings. The minimum absolute atomic E-state index is 0.214. The fraction of sp³-hybridized carbons (Fsp3) is 0.571. The minimum Gasteiger partial charge on any atom is -0.317 e. The average Bonchev–Trinajstić information content (AvgIpc) is 2.40. The van der Waals surface area contributed by atoms with Crippen LogP contribution in [0.1, 0.15) is 32.3 Å². The Bertz CT molecular complexity index is 488. The van der Waals surface area contributed by atoms with Gasteiger partial charge in [0.1, 0.15) is 0 Å². The van der Waals surface area contributed by atoms with Gasteiger partial charge in [-0.05, 0) is 45.3 Å². The van der Waals surface area contributed by atoms with E-state index in [2.05, 4.69) is 5.32 Å². The Morgan fingerprint density at radius 3 is 2.22 bits per heavy atom. The van der Waals surface area contributed by atoms with Crippen molar-refractivity contribution in [1.82, 2.24) is 5.32 Å². The van der Waals surface area contributed by atoms with E-state index in [9.17, 15) is 8.42 Å². The SMILES string of the molecule is CC(C)(c1ccccc1)S(=O)(=O)C1CCNCC1. The summed E-state index contributed by atoms with van der Waals surface area (Å²) >= 11 is 0. The highest BCUT2D eigenvalue weighted by Crippen LogP contribution is 2.34. The summed E-state index contributed by atoms with van der Waals surface area (Å²) in [6.07, 6.45) is 1.44. The zero-order valence-corrected chi connectivity index (χ0v) is 11.8. The molecular formula is C14H21NO2S. The highest BCUT2D eigenvalue weighted by molar-refractivity contribution is 7.92. The molecule has 1 heterocycles. The molecule has 3 nitrogen and oxygen atoms in total. The van der Waals surface area contributed by atoms with E-state index in [1.165, 1.54) is 0 Å². The van der Waals surface area contributed by atoms with Crippen LogP contribution in [0.15, 0.2) is 30.3 Å². The second kappa shape index (κ2) is 5.02. The molecule has 1 fully saturated rings. The lowest BCUT2D eigenvalue weighted by Crippen LogP contribution is -2.43. The lowest BCUT2D eigenvalue weighted by molar-refractivity contribution is 0.478. The normalized spacial score (nSPS) is 18.8. The van der Waals surface area contributed by atoms with E-state index in [1.807, 2.05) is 44.2 Å². The molecule has 0 spiro atoms. The summed E-state index contributed by atoms with van der Waals surface area (Å²) in [7, 11) is -3.15. The third kappa shape index (κ3) is 2.31. The number of sulfone groups is 1. The summed E-state index contributed by atoms with van der Waals surface area (Å²) in [4.78, 5) is 0. The maximum Gasteiger partial charge on any atom is 0.162 e. The van der Waals surface area contributed by atoms with E-state index in [1.54, 1.807) is 0 Å². The molecule has 1 aliphatic rings. The number of hydrogen-bond acceptors (Lipinski definition) is 3. The number of benzene rings is 1. The van der Waals surface area contributed by atoms with Gasteiger partial charge >= 0.3 is 0 Å². The van der Waals surface area contributed by atoms with Crippen LogP contribution in [0, 0.1) is 0 Å². The molecule has 4 heteroatoms. The average molecular weight is 267 g/mol. The van der Waals surface area contributed by atoms with E-state index in [4.69, 9.17) is 0 Å². The molecule has 100 valence electrons. The summed E-state index contributed by atoms with van der Waals surface area (Å²) in [6, 6.07) is 9.51. The van der Waals surface area contributed by atoms with Crippen molar-refractivity contribution in [2.75, 3.05) is 13.1 Å². The van der Waals surface area contributed by atoms with E-state index in [0.717, 1.165) is 31.5 Å². The van der Waals surface area contributed by atoms with Crippen molar-refractivity contribution in [2.45, 2.75) is 36.7 Å². The van der Waals surface area contributed by atoms with Crippen LogP contribution in [0.4, 0.5) is 0 Å². The predicted molar refractivity (Wildman–Crippen MR) is 74.3 cm³/mol. The standard InChI is InChI=1S/C14H21NO2S/c1-14(2,12-6-4-3-5-7-12)18(16,17)13-8-10-15-11-9-13/h3-7,13,15H,8-11H2,1-2H3. The van der Waals surface area contributed by atoms with E-state index >= 15 is 0 Å². The molecule has 0 bridgehead atoms. The van der Waals surface area contributed by atoms with Gasteiger partial charge in [-0.3, -0.25) is 0 Å². The molecule has 0 aromatic heterocycles. The second-order valence-corrected chi connectivity index (χ2v) is 8.15. The Morgan fingerprint density at radius 2 is 1.67 bits per heavy atom. The van der Waals surface area contributed by atoms with Crippen molar-refractivity contribution in [1.29, 1.82) is 0 Å². The number of piperidine rings is 1. The zero-order chi connectivity index (χ0) is 13.2. The number of hydrogen-bond donors (Lipinski definition) is 1. The molecule has 0 radical (unpaired) electrons. The third-order valence-electron chi connectivity index (χ3n) is 3.91. The van der Waals surface area contributed by atoms with Crippen LogP contribution < -0.4 is 5.32 Å². The maximum atomic E-state index is 12.8. The van der Waals surface area contributed by atoms with Gasteiger partial charge in [0.15, 0.2) is 9.84 Å². The highest BCUT2D eigenvalue weighted by Gasteiger charge is 2.41. The maximum absolute atomic E-state index is 12.8. The lowest BCUT2D eigenvalue weighted by Gasteiger charge is -2.32. The topological polar surface area (TPSA) is 46.2 Å². The van der Waals surface area contributed by atoms with Gasteiger partial charge in [-0.1, -0.05) is 30.3 Å². The van der Waals surface area contributed by atoms with Crippen LogP contribution in [-0.4, -0.2) is 26.8 Å². The van der Waals surface area contributed by atoms with Gasteiger partial charge in [0.2, 0.25) is 0 Å². The molecule has 1 saturated heterocycles. The van der Waals surface area contributed by atoms with Crippen molar-refractivity contribution in [2.24, 2.45) is 0 Å². The zero-order valence-electron chi connectivity index (χ0n) is 11.0. The van der Waals surface area contributed by atoms with Gasteiger partial charge in [-0.15, -0.1) is 0 Å². The first-order valence-electron chi connectivity index (χ1n) is 6.46. The van der Waals surface area contributed by atoms with Crippen LogP contribution in [0.3, 0.4) is 0 Å². The molecule has 1 aromatic carbocycles. The molecule has 1 aliphatic heterocycles. The van der Waals surface area contributed by atoms with Gasteiger partial charge in [-0.25, -0.2) is 8.42 Å². The first-order chi connectivity index (χ1) is 8.46. The highest BCUT2D eigenvalue weighted by atomic mass is 32.2. The Morgan fingerprint density at radius 1 is 1.11 bits per heavy atom. The number of rotatable bonds is 3. The molecule has 0 atom stereocenters. The van der Waals surface area contributed by atoms with Crippen molar-refractivity contribution < 1.29 is 8.42 Å². The quantitative estimate of drug-likeness (QED) is 0.912. The minimum atomic E-state index is -3.15. The van der Waals surface area contributed by atoms with Crippen LogP contribution in [0.2, 0.25) is 0 Å². The summed E-state index contributed by atoms with van der Waals surface area (Å²) in [5.74, 6) is 0. The fourth-order valence-electron chi connectivity index (χ4n) is 2.53. The van der Waals surface area contributed by atoms with Crippen LogP contribution >= 0.6 is 0 Å². The van der Waals surface area contributed by atoms with Crippen LogP contribution in [0.5, 0.6) is 0 Å². The third-order valence-corrected chi connectivity index (χ3v) is 6.91. The van der Waals surface area contributed by atoms with Gasteiger partial charge in [0.25, 0.3) is 0 Å². The van der Waals surface area contributed by atoms with E-state index in [-0.39, 0.29) is 5.25 Å². The Balaban J connectivity index is 2.33. The summed E-state index contributed by atoms with van der Waals surface area (Å²) < 4.78 is 24.8. The summed E-state index contributed by atoms with van der Waals surface area (Å²) in [5, 5.41) is 3.00. The Hall–Kier alpha value is -0.870. The van der Waals surface area contributed by atoms with Gasteiger partial charge in [-0.2, -0.15) is 0 Å². The largest absolute Gasteiger partial charge is 0.317 e. The monoisotopic (exact) mass is 267 g/mol. The van der Waals surface area contributed by atoms with Gasteiger partial charge in [0, 0.05) is 0 Å². The number of nitrogens with one attached hydrogen (secondary N) is 1. The van der Waals surface area contributed by atoms with Gasteiger partial charge < -0.3 is 5.32 Å². The molecular weight excluding hydrogens is 246 g/mol. The smallest absolute Gasteiger partial charge is 0.162 e. The molecule has 2 rings (SSSR count). The van der Waals surface area contributed by atoms with Crippen LogP contribution in [0.25, 0.3) is 0 Å². The Labute approximate surface area is 110 Å². The molecule has 0 unspecified atom stereocenters. The fourth-order valence-corrected chi connectivity index (χ4v) is 4.68. The first kappa shape index (κ1) is 13.6. The van der Waals surface area contributed by atoms with E-state index in [0.29, 0.717) is 0 Å². The lowest BCUT2D eigenvalue weighted by atomic mass is 10.0. The molecule has 0 saturated carbocycles. The summed E-state index contributed by atoms with van der Waals surface area (Å²) in [5.41, 5.74) is 0.878. The summed E-state index contributed by atoms with van der Waals surface area (Å²) in [6.45, 7) is 5.24. The van der Waals surface area contributed by atoms with Crippen LogP contribution in [-0.2, 0) is 14.6 Å². The van der Waals surface area contributed by atoms with Crippen molar-refractivity contribution in [3.63, 3.8) is 0 Å². The molecule has 0 aliphatic carbocycles. The van der Waals surface area contributed by atoms with Gasteiger partial charge in [0.05, 0.1) is 10.00 Å². The van der Waals surface area contributed by atoms with E-state index < -0.39 is 14.6 Å². The van der Waals surface area contributed by atoms with Crippen molar-refractivity contribution >= 4 is 9.84 Å². The first-order valence-corrected chi connectivity index (χ1v) is 8.00. The Kier molecular flexibility index (Phi) is 3.78. The van der Waals surface area contributed by atoms with Crippen molar-refractivity contribution in [3.8, 4) is 0 Å². The second-order valence-electron chi connectivity index (χ2n) is 5.37. The molecule has 18 heavy (non-hydrogen) atoms. The predicted octanol–water partition coefficient (Wildman–Crippen LogP) is 2.09. The molecule has 1 N–H and O–H groups in total. The van der Waals surface area contributed by atoms with Crippen molar-refractivity contribution in [3.05, 3.63) is 35.9 Å². The molecule has 0 amide bonds.